The van der Waals surface area contributed by atoms with Crippen LogP contribution in [0, 0.1) is 5.92 Å². The Bertz CT molecular complexity index is 2130. The summed E-state index contributed by atoms with van der Waals surface area (Å²) in [7, 11) is 3.58. The van der Waals surface area contributed by atoms with E-state index >= 15 is 0 Å². The number of anilines is 1. The number of hydrogen-bond donors (Lipinski definition) is 0. The number of aliphatic imine (C=N–C) groups is 1. The number of piperazine rings is 1. The molecule has 4 heterocycles. The minimum Gasteiger partial charge on any atom is -0.493 e. The van der Waals surface area contributed by atoms with Gasteiger partial charge in [-0.15, -0.1) is 11.6 Å². The second-order valence-corrected chi connectivity index (χ2v) is 14.8. The Morgan fingerprint density at radius 3 is 2.44 bits per heavy atom. The molecule has 280 valence electrons. The van der Waals surface area contributed by atoms with Gasteiger partial charge in [0.15, 0.2) is 11.5 Å². The van der Waals surface area contributed by atoms with E-state index in [2.05, 4.69) is 17.0 Å². The van der Waals surface area contributed by atoms with Crippen LogP contribution in [0.1, 0.15) is 45.8 Å². The molecule has 8 rings (SSSR count). The van der Waals surface area contributed by atoms with Crippen molar-refractivity contribution < 1.29 is 28.6 Å². The quantitative estimate of drug-likeness (QED) is 0.147. The Balaban J connectivity index is 0.972. The van der Waals surface area contributed by atoms with E-state index in [1.54, 1.807) is 29.0 Å². The number of likely N-dealkylation sites (N-methyl/N-ethyl adjacent to an activating group) is 1. The second kappa shape index (κ2) is 15.3. The third-order valence-corrected chi connectivity index (χ3v) is 11.4. The van der Waals surface area contributed by atoms with Crippen molar-refractivity contribution in [3.63, 3.8) is 0 Å². The molecule has 0 unspecified atom stereocenters. The Kier molecular flexibility index (Phi) is 10.2. The molecule has 0 aromatic heterocycles. The summed E-state index contributed by atoms with van der Waals surface area (Å²) in [5.41, 5.74) is 5.10. The predicted molar refractivity (Wildman–Crippen MR) is 209 cm³/mol. The molecule has 2 bridgehead atoms. The van der Waals surface area contributed by atoms with Gasteiger partial charge in [0, 0.05) is 93.7 Å². The fraction of sp³-hybridized carbons (Fsp3) is 0.381. The van der Waals surface area contributed by atoms with Gasteiger partial charge in [-0.05, 0) is 48.0 Å². The number of amides is 3. The number of methoxy groups -OCH3 is 1. The lowest BCUT2D eigenvalue weighted by atomic mass is 9.95. The van der Waals surface area contributed by atoms with Gasteiger partial charge in [0.1, 0.15) is 5.75 Å². The summed E-state index contributed by atoms with van der Waals surface area (Å²) < 4.78 is 17.9. The first-order valence-electron chi connectivity index (χ1n) is 18.6. The van der Waals surface area contributed by atoms with Crippen LogP contribution < -0.4 is 19.1 Å². The zero-order valence-corrected chi connectivity index (χ0v) is 31.4. The topological polar surface area (TPSA) is 104 Å². The maximum absolute atomic E-state index is 13.9. The lowest BCUT2D eigenvalue weighted by Gasteiger charge is -2.31. The van der Waals surface area contributed by atoms with Crippen LogP contribution in [-0.4, -0.2) is 105 Å². The molecule has 4 aliphatic heterocycles. The van der Waals surface area contributed by atoms with Crippen LogP contribution >= 0.6 is 11.6 Å². The first kappa shape index (κ1) is 35.9. The van der Waals surface area contributed by atoms with Gasteiger partial charge in [-0.3, -0.25) is 14.6 Å². The summed E-state index contributed by atoms with van der Waals surface area (Å²) in [6, 6.07) is 21.4. The fourth-order valence-corrected chi connectivity index (χ4v) is 8.32. The molecular weight excluding hydrogens is 706 g/mol. The number of benzene rings is 4. The van der Waals surface area contributed by atoms with Crippen LogP contribution in [0.25, 0.3) is 10.8 Å². The number of carbonyl (C=O) groups is 3. The molecule has 4 aliphatic rings. The van der Waals surface area contributed by atoms with E-state index in [1.165, 1.54) is 5.56 Å². The van der Waals surface area contributed by atoms with Gasteiger partial charge in [0.05, 0.1) is 30.7 Å². The summed E-state index contributed by atoms with van der Waals surface area (Å²) in [6.45, 7) is 4.57. The molecule has 12 heteroatoms. The molecule has 0 saturated carbocycles. The molecule has 0 N–H and O–H groups in total. The van der Waals surface area contributed by atoms with Gasteiger partial charge in [0.2, 0.25) is 5.91 Å². The van der Waals surface area contributed by atoms with Crippen LogP contribution in [0.3, 0.4) is 0 Å². The molecule has 4 aromatic rings. The molecule has 2 atom stereocenters. The summed E-state index contributed by atoms with van der Waals surface area (Å²) in [5, 5.41) is 1.74. The Morgan fingerprint density at radius 2 is 1.67 bits per heavy atom. The summed E-state index contributed by atoms with van der Waals surface area (Å²) in [6.07, 6.45) is 3.03. The van der Waals surface area contributed by atoms with Crippen molar-refractivity contribution in [1.29, 1.82) is 0 Å². The van der Waals surface area contributed by atoms with E-state index in [1.807, 2.05) is 60.6 Å². The Labute approximate surface area is 320 Å². The van der Waals surface area contributed by atoms with E-state index in [4.69, 9.17) is 30.8 Å². The average molecular weight is 750 g/mol. The normalized spacial score (nSPS) is 19.4. The molecule has 4 aromatic carbocycles. The monoisotopic (exact) mass is 749 g/mol. The molecule has 0 spiro atoms. The fourth-order valence-electron chi connectivity index (χ4n) is 8.07. The summed E-state index contributed by atoms with van der Waals surface area (Å²) in [5.74, 6) is 1.52. The van der Waals surface area contributed by atoms with Gasteiger partial charge >= 0.3 is 6.09 Å². The smallest absolute Gasteiger partial charge is 0.415 e. The number of fused-ring (bicyclic) bond motifs is 7. The number of rotatable bonds is 8. The van der Waals surface area contributed by atoms with Gasteiger partial charge in [-0.2, -0.15) is 0 Å². The van der Waals surface area contributed by atoms with Crippen LogP contribution in [0.5, 0.6) is 17.2 Å². The highest BCUT2D eigenvalue weighted by molar-refractivity contribution is 6.19. The van der Waals surface area contributed by atoms with E-state index in [0.717, 1.165) is 47.1 Å². The number of halogens is 1. The van der Waals surface area contributed by atoms with Crippen LogP contribution in [0.2, 0.25) is 0 Å². The third-order valence-electron chi connectivity index (χ3n) is 11.0. The number of ether oxygens (including phenoxy) is 3. The maximum atomic E-state index is 13.9. The van der Waals surface area contributed by atoms with E-state index < -0.39 is 6.09 Å². The first-order chi connectivity index (χ1) is 26.3. The maximum Gasteiger partial charge on any atom is 0.415 e. The van der Waals surface area contributed by atoms with Crippen LogP contribution in [0.15, 0.2) is 71.7 Å². The summed E-state index contributed by atoms with van der Waals surface area (Å²) >= 11 is 6.50. The Hall–Kier alpha value is -5.13. The van der Waals surface area contributed by atoms with E-state index in [9.17, 15) is 14.4 Å². The number of hydrogen-bond acceptors (Lipinski definition) is 8. The van der Waals surface area contributed by atoms with Crippen molar-refractivity contribution in [2.45, 2.75) is 31.7 Å². The molecule has 0 aliphatic carbocycles. The number of alkyl halides is 1. The van der Waals surface area contributed by atoms with Crippen LogP contribution in [-0.2, 0) is 17.8 Å². The molecule has 3 amide bonds. The highest BCUT2D eigenvalue weighted by Crippen LogP contribution is 2.46. The molecule has 1 saturated heterocycles. The number of carbonyl (C=O) groups excluding carboxylic acids is 3. The van der Waals surface area contributed by atoms with Crippen LogP contribution in [0.4, 0.5) is 16.2 Å². The predicted octanol–water partition coefficient (Wildman–Crippen LogP) is 6.65. The highest BCUT2D eigenvalue weighted by Gasteiger charge is 2.35. The summed E-state index contributed by atoms with van der Waals surface area (Å²) in [4.78, 5) is 53.3. The molecule has 54 heavy (non-hydrogen) atoms. The van der Waals surface area contributed by atoms with Crippen molar-refractivity contribution in [3.05, 3.63) is 89.0 Å². The van der Waals surface area contributed by atoms with Gasteiger partial charge in [0.25, 0.3) is 5.91 Å². The van der Waals surface area contributed by atoms with Crippen molar-refractivity contribution in [1.82, 2.24) is 14.7 Å². The standard InChI is InChI=1S/C42H44ClN5O6/c1-45-13-15-46(16-14-45)42(51)54-36-21-35-40(32-11-6-5-10-31(32)36)30(22-43)26-48(35)39(49)12-7-17-53-38-20-34-33(19-37(38)52-2)41(50)47-24-27(23-44-34)18-28-8-3-4-9-29(28)25-47/h3-6,8-11,19-21,23,27,30H,7,12-18,22,24-26H2,1-2H3/t27-,30-/m1/s1. The molecular formula is C42H44ClN5O6. The van der Waals surface area contributed by atoms with Gasteiger partial charge in [-0.1, -0.05) is 48.5 Å². The van der Waals surface area contributed by atoms with Crippen molar-refractivity contribution >= 4 is 57.9 Å². The third kappa shape index (κ3) is 6.98. The van der Waals surface area contributed by atoms with Gasteiger partial charge < -0.3 is 33.8 Å². The Morgan fingerprint density at radius 1 is 0.907 bits per heavy atom. The lowest BCUT2D eigenvalue weighted by Crippen LogP contribution is -2.48. The minimum absolute atomic E-state index is 0.0697. The molecule has 11 nitrogen and oxygen atoms in total. The van der Waals surface area contributed by atoms with Crippen molar-refractivity contribution in [2.75, 3.05) is 70.8 Å². The van der Waals surface area contributed by atoms with Crippen molar-refractivity contribution in [3.8, 4) is 17.2 Å². The van der Waals surface area contributed by atoms with Gasteiger partial charge in [-0.25, -0.2) is 4.79 Å². The molecule has 1 fully saturated rings. The van der Waals surface area contributed by atoms with E-state index in [-0.39, 0.29) is 36.7 Å². The first-order valence-corrected chi connectivity index (χ1v) is 19.2. The zero-order chi connectivity index (χ0) is 37.3. The molecule has 0 radical (unpaired) electrons. The second-order valence-electron chi connectivity index (χ2n) is 14.5. The highest BCUT2D eigenvalue weighted by atomic mass is 35.5. The average Bonchev–Trinajstić information content (AvgIpc) is 3.45. The zero-order valence-electron chi connectivity index (χ0n) is 30.6. The number of nitrogens with zero attached hydrogens (tertiary/aromatic N) is 5. The SMILES string of the molecule is COc1cc2c(cc1OCCCC(=O)N1C[C@@H](CCl)c3c1cc(OC(=O)N1CCN(C)CC1)c1ccccc31)N=C[C@H]1Cc3ccccc3CN(C1)C2=O. The van der Waals surface area contributed by atoms with Crippen molar-refractivity contribution in [2.24, 2.45) is 10.9 Å². The lowest BCUT2D eigenvalue weighted by molar-refractivity contribution is -0.118. The minimum atomic E-state index is -0.393. The van der Waals surface area contributed by atoms with E-state index in [0.29, 0.717) is 73.5 Å². The largest absolute Gasteiger partial charge is 0.493 e.